The highest BCUT2D eigenvalue weighted by Crippen LogP contribution is 2.36. The van der Waals surface area contributed by atoms with Crippen molar-refractivity contribution in [3.63, 3.8) is 0 Å². The monoisotopic (exact) mass is 456 g/mol. The lowest BCUT2D eigenvalue weighted by molar-refractivity contribution is 0.0924. The van der Waals surface area contributed by atoms with Gasteiger partial charge in [-0.1, -0.05) is 29.8 Å². The van der Waals surface area contributed by atoms with Gasteiger partial charge in [0.05, 0.1) is 12.6 Å². The molecule has 1 N–H and O–H groups in total. The fraction of sp³-hybridized carbons (Fsp3) is 0.385. The maximum Gasteiger partial charge on any atom is 0.254 e. The van der Waals surface area contributed by atoms with Gasteiger partial charge in [0.15, 0.2) is 5.82 Å². The van der Waals surface area contributed by atoms with E-state index >= 15 is 0 Å². The smallest absolute Gasteiger partial charge is 0.254 e. The Labute approximate surface area is 197 Å². The highest BCUT2D eigenvalue weighted by atomic mass is 16.5. The second-order valence-electron chi connectivity index (χ2n) is 9.33. The van der Waals surface area contributed by atoms with Gasteiger partial charge in [0.2, 0.25) is 0 Å². The summed E-state index contributed by atoms with van der Waals surface area (Å²) in [7, 11) is 0. The summed E-state index contributed by atoms with van der Waals surface area (Å²) in [6.45, 7) is 4.23. The number of anilines is 1. The van der Waals surface area contributed by atoms with Crippen LogP contribution >= 0.6 is 0 Å². The predicted molar refractivity (Wildman–Crippen MR) is 130 cm³/mol. The third-order valence-corrected chi connectivity index (χ3v) is 6.99. The quantitative estimate of drug-likeness (QED) is 0.494. The topological polar surface area (TPSA) is 88.9 Å². The van der Waals surface area contributed by atoms with E-state index in [0.29, 0.717) is 17.9 Å². The maximum absolute atomic E-state index is 13.5. The summed E-state index contributed by atoms with van der Waals surface area (Å²) in [5, 5.41) is 13.8. The zero-order valence-electron chi connectivity index (χ0n) is 19.3. The summed E-state index contributed by atoms with van der Waals surface area (Å²) in [5.74, 6) is 0.671. The third kappa shape index (κ3) is 3.77. The molecule has 0 bridgehead atoms. The summed E-state index contributed by atoms with van der Waals surface area (Å²) in [4.78, 5) is 18.9. The number of pyridine rings is 1. The fourth-order valence-electron chi connectivity index (χ4n) is 5.34. The molecular formula is C26H28N6O2. The van der Waals surface area contributed by atoms with Crippen molar-refractivity contribution in [1.29, 1.82) is 0 Å². The summed E-state index contributed by atoms with van der Waals surface area (Å²) >= 11 is 0. The van der Waals surface area contributed by atoms with Gasteiger partial charge in [0, 0.05) is 29.9 Å². The molecule has 174 valence electrons. The van der Waals surface area contributed by atoms with Gasteiger partial charge >= 0.3 is 0 Å². The Hall–Kier alpha value is -3.52. The number of aryl methyl sites for hydroxylation is 2. The SMILES string of the molecule is Cc1ccc2[nH]c(=O)c([C@@H](c3nnnn3C[C@@H]3CCCO3)N3CCCc4ccccc43)cc2c1. The second-order valence-corrected chi connectivity index (χ2v) is 9.33. The van der Waals surface area contributed by atoms with Crippen molar-refractivity contribution in [1.82, 2.24) is 25.2 Å². The predicted octanol–water partition coefficient (Wildman–Crippen LogP) is 3.54. The summed E-state index contributed by atoms with van der Waals surface area (Å²) in [6, 6.07) is 16.1. The molecule has 2 aromatic carbocycles. The molecule has 6 rings (SSSR count). The fourth-order valence-corrected chi connectivity index (χ4v) is 5.34. The third-order valence-electron chi connectivity index (χ3n) is 6.99. The Balaban J connectivity index is 1.53. The van der Waals surface area contributed by atoms with Crippen LogP contribution < -0.4 is 10.5 Å². The molecule has 1 saturated heterocycles. The Kier molecular flexibility index (Phi) is 5.37. The molecule has 2 aliphatic rings. The highest BCUT2D eigenvalue weighted by Gasteiger charge is 2.34. The number of nitrogens with zero attached hydrogens (tertiary/aromatic N) is 5. The molecule has 4 aromatic rings. The van der Waals surface area contributed by atoms with Crippen LogP contribution in [0.2, 0.25) is 0 Å². The number of benzene rings is 2. The first-order valence-electron chi connectivity index (χ1n) is 12.0. The van der Waals surface area contributed by atoms with E-state index in [4.69, 9.17) is 4.74 Å². The van der Waals surface area contributed by atoms with E-state index < -0.39 is 6.04 Å². The molecule has 8 heteroatoms. The van der Waals surface area contributed by atoms with Crippen molar-refractivity contribution < 1.29 is 4.74 Å². The lowest BCUT2D eigenvalue weighted by Crippen LogP contribution is -2.39. The van der Waals surface area contributed by atoms with Crippen molar-refractivity contribution >= 4 is 16.6 Å². The van der Waals surface area contributed by atoms with Gasteiger partial charge in [-0.15, -0.1) is 5.10 Å². The number of aromatic amines is 1. The van der Waals surface area contributed by atoms with Crippen molar-refractivity contribution in [2.45, 2.75) is 51.3 Å². The zero-order valence-corrected chi connectivity index (χ0v) is 19.3. The minimum Gasteiger partial charge on any atom is -0.376 e. The Morgan fingerprint density at radius 3 is 2.97 bits per heavy atom. The Bertz CT molecular complexity index is 1390. The number of nitrogens with one attached hydrogen (secondary N) is 1. The summed E-state index contributed by atoms with van der Waals surface area (Å²) < 4.78 is 7.70. The molecule has 34 heavy (non-hydrogen) atoms. The van der Waals surface area contributed by atoms with Crippen LogP contribution in [0.15, 0.2) is 53.3 Å². The molecule has 2 aliphatic heterocycles. The molecule has 1 fully saturated rings. The largest absolute Gasteiger partial charge is 0.376 e. The van der Waals surface area contributed by atoms with E-state index in [9.17, 15) is 4.79 Å². The number of ether oxygens (including phenoxy) is 1. The van der Waals surface area contributed by atoms with E-state index in [-0.39, 0.29) is 11.7 Å². The number of rotatable bonds is 5. The number of hydrogen-bond acceptors (Lipinski definition) is 6. The second kappa shape index (κ2) is 8.68. The van der Waals surface area contributed by atoms with Crippen LogP contribution in [0.1, 0.15) is 47.8 Å². The first-order valence-corrected chi connectivity index (χ1v) is 12.0. The summed E-state index contributed by atoms with van der Waals surface area (Å²) in [5.41, 5.74) is 4.93. The highest BCUT2D eigenvalue weighted by molar-refractivity contribution is 5.80. The lowest BCUT2D eigenvalue weighted by Gasteiger charge is -2.37. The average molecular weight is 457 g/mol. The van der Waals surface area contributed by atoms with E-state index in [0.717, 1.165) is 61.0 Å². The van der Waals surface area contributed by atoms with E-state index in [1.807, 2.05) is 22.9 Å². The van der Waals surface area contributed by atoms with Gasteiger partial charge in [-0.25, -0.2) is 4.68 Å². The molecule has 0 spiro atoms. The van der Waals surface area contributed by atoms with Gasteiger partial charge in [-0.05, 0) is 78.2 Å². The molecule has 0 radical (unpaired) electrons. The molecule has 0 amide bonds. The standard InChI is InChI=1S/C26H28N6O2/c1-17-10-11-22-19(14-17)15-21(26(33)27-22)24(31-12-4-7-18-6-2-3-9-23(18)31)25-28-29-30-32(25)16-20-8-5-13-34-20/h2-3,6,9-11,14-15,20,24H,4-5,7-8,12-13,16H2,1H3,(H,27,33)/t20-,24-/m0/s1. The number of hydrogen-bond donors (Lipinski definition) is 1. The molecule has 2 aromatic heterocycles. The first-order chi connectivity index (χ1) is 16.7. The van der Waals surface area contributed by atoms with Crippen LogP contribution in [0.3, 0.4) is 0 Å². The van der Waals surface area contributed by atoms with Gasteiger partial charge in [-0.2, -0.15) is 0 Å². The van der Waals surface area contributed by atoms with Crippen LogP contribution in [-0.2, 0) is 17.7 Å². The number of aromatic nitrogens is 5. The van der Waals surface area contributed by atoms with Gasteiger partial charge in [0.25, 0.3) is 5.56 Å². The molecule has 4 heterocycles. The van der Waals surface area contributed by atoms with Gasteiger partial charge < -0.3 is 14.6 Å². The molecule has 0 saturated carbocycles. The van der Waals surface area contributed by atoms with Gasteiger partial charge in [0.1, 0.15) is 6.04 Å². The number of H-pyrrole nitrogens is 1. The Morgan fingerprint density at radius 1 is 1.18 bits per heavy atom. The molecular weight excluding hydrogens is 428 g/mol. The van der Waals surface area contributed by atoms with Crippen molar-refractivity contribution in [3.8, 4) is 0 Å². The van der Waals surface area contributed by atoms with E-state index in [1.54, 1.807) is 0 Å². The average Bonchev–Trinajstić information content (AvgIpc) is 3.53. The van der Waals surface area contributed by atoms with Crippen LogP contribution in [0.4, 0.5) is 5.69 Å². The zero-order chi connectivity index (χ0) is 23.1. The normalized spacial score (nSPS) is 18.9. The lowest BCUT2D eigenvalue weighted by atomic mass is 9.96. The molecule has 2 atom stereocenters. The molecule has 0 unspecified atom stereocenters. The van der Waals surface area contributed by atoms with Crippen molar-refractivity contribution in [2.24, 2.45) is 0 Å². The number of fused-ring (bicyclic) bond motifs is 2. The van der Waals surface area contributed by atoms with Crippen molar-refractivity contribution in [3.05, 3.63) is 81.4 Å². The Morgan fingerprint density at radius 2 is 2.09 bits per heavy atom. The van der Waals surface area contributed by atoms with Crippen LogP contribution in [0, 0.1) is 6.92 Å². The minimum atomic E-state index is -0.411. The van der Waals surface area contributed by atoms with Crippen LogP contribution in [0.5, 0.6) is 0 Å². The van der Waals surface area contributed by atoms with Crippen LogP contribution in [-0.4, -0.2) is 44.4 Å². The van der Waals surface area contributed by atoms with Gasteiger partial charge in [-0.3, -0.25) is 4.79 Å². The molecule has 8 nitrogen and oxygen atoms in total. The summed E-state index contributed by atoms with van der Waals surface area (Å²) in [6.07, 6.45) is 4.16. The maximum atomic E-state index is 13.5. The van der Waals surface area contributed by atoms with Crippen LogP contribution in [0.25, 0.3) is 10.9 Å². The van der Waals surface area contributed by atoms with E-state index in [2.05, 4.69) is 62.7 Å². The minimum absolute atomic E-state index is 0.0917. The number of tetrazole rings is 1. The van der Waals surface area contributed by atoms with E-state index in [1.165, 1.54) is 5.56 Å². The van der Waals surface area contributed by atoms with Crippen molar-refractivity contribution in [2.75, 3.05) is 18.1 Å². The first kappa shape index (κ1) is 21.0. The molecule has 0 aliphatic carbocycles. The number of para-hydroxylation sites is 1.